The van der Waals surface area contributed by atoms with Crippen molar-refractivity contribution in [3.63, 3.8) is 0 Å². The molecule has 0 saturated heterocycles. The zero-order chi connectivity index (χ0) is 13.0. The maximum Gasteiger partial charge on any atom is 0.0292 e. The third-order valence-corrected chi connectivity index (χ3v) is 7.21. The first-order valence-electron chi connectivity index (χ1n) is 7.85. The van der Waals surface area contributed by atoms with Gasteiger partial charge in [-0.2, -0.15) is 0 Å². The van der Waals surface area contributed by atoms with Crippen LogP contribution >= 0.6 is 11.3 Å². The van der Waals surface area contributed by atoms with Crippen LogP contribution in [-0.4, -0.2) is 6.04 Å². The van der Waals surface area contributed by atoms with Gasteiger partial charge < -0.3 is 0 Å². The van der Waals surface area contributed by atoms with Gasteiger partial charge in [-0.1, -0.05) is 6.92 Å². The van der Waals surface area contributed by atoms with Crippen LogP contribution in [0.3, 0.4) is 0 Å². The van der Waals surface area contributed by atoms with E-state index in [1.807, 2.05) is 11.3 Å². The van der Waals surface area contributed by atoms with Crippen molar-refractivity contribution >= 4 is 11.3 Å². The molecule has 1 aromatic rings. The van der Waals surface area contributed by atoms with Gasteiger partial charge in [0, 0.05) is 15.8 Å². The van der Waals surface area contributed by atoms with Crippen molar-refractivity contribution in [3.8, 4) is 0 Å². The quantitative estimate of drug-likeness (QED) is 0.641. The molecule has 0 amide bonds. The van der Waals surface area contributed by atoms with Crippen LogP contribution in [0.5, 0.6) is 0 Å². The second-order valence-corrected chi connectivity index (χ2v) is 8.02. The molecule has 4 rings (SSSR count). The molecule has 3 aliphatic carbocycles. The number of hydrogen-bond donors (Lipinski definition) is 2. The molecule has 0 aromatic carbocycles. The lowest BCUT2D eigenvalue weighted by Crippen LogP contribution is -2.40. The Morgan fingerprint density at radius 3 is 2.53 bits per heavy atom. The third kappa shape index (κ3) is 1.90. The van der Waals surface area contributed by atoms with E-state index >= 15 is 0 Å². The van der Waals surface area contributed by atoms with Gasteiger partial charge in [0.05, 0.1) is 0 Å². The number of thiophene rings is 1. The molecule has 0 spiro atoms. The van der Waals surface area contributed by atoms with Crippen LogP contribution in [0.4, 0.5) is 0 Å². The molecular weight excluding hydrogens is 252 g/mol. The molecule has 19 heavy (non-hydrogen) atoms. The van der Waals surface area contributed by atoms with Gasteiger partial charge in [-0.05, 0) is 73.8 Å². The minimum Gasteiger partial charge on any atom is -0.271 e. The summed E-state index contributed by atoms with van der Waals surface area (Å²) in [4.78, 5) is 3.01. The van der Waals surface area contributed by atoms with E-state index in [0.29, 0.717) is 6.04 Å². The fourth-order valence-corrected chi connectivity index (χ4v) is 6.19. The Morgan fingerprint density at radius 1 is 1.26 bits per heavy atom. The highest BCUT2D eigenvalue weighted by Crippen LogP contribution is 2.70. The molecule has 5 atom stereocenters. The van der Waals surface area contributed by atoms with E-state index in [1.54, 1.807) is 0 Å². The van der Waals surface area contributed by atoms with Gasteiger partial charge in [-0.15, -0.1) is 11.3 Å². The molecule has 0 aliphatic heterocycles. The van der Waals surface area contributed by atoms with E-state index in [-0.39, 0.29) is 0 Å². The molecule has 2 bridgehead atoms. The predicted molar refractivity (Wildman–Crippen MR) is 79.8 cm³/mol. The molecule has 1 aromatic heterocycles. The third-order valence-electron chi connectivity index (χ3n) is 5.96. The summed E-state index contributed by atoms with van der Waals surface area (Å²) in [5.41, 5.74) is 3.14. The minimum atomic E-state index is 0.516. The monoisotopic (exact) mass is 276 g/mol. The van der Waals surface area contributed by atoms with Crippen molar-refractivity contribution in [2.75, 3.05) is 0 Å². The van der Waals surface area contributed by atoms with E-state index in [1.165, 1.54) is 29.0 Å². The second-order valence-electron chi connectivity index (χ2n) is 6.76. The Hall–Kier alpha value is -0.380. The minimum absolute atomic E-state index is 0.516. The van der Waals surface area contributed by atoms with Crippen molar-refractivity contribution in [2.24, 2.45) is 35.4 Å². The molecule has 3 N–H and O–H groups in total. The molecule has 3 fully saturated rings. The van der Waals surface area contributed by atoms with Crippen LogP contribution in [0.2, 0.25) is 0 Å². The normalized spacial score (nSPS) is 40.4. The van der Waals surface area contributed by atoms with Gasteiger partial charge in [0.1, 0.15) is 0 Å². The van der Waals surface area contributed by atoms with E-state index < -0.39 is 0 Å². The number of hydrazine groups is 1. The average molecular weight is 276 g/mol. The van der Waals surface area contributed by atoms with Crippen LogP contribution in [-0.2, 0) is 12.8 Å². The molecule has 0 radical (unpaired) electrons. The number of hydrogen-bond acceptors (Lipinski definition) is 3. The van der Waals surface area contributed by atoms with Crippen molar-refractivity contribution in [3.05, 3.63) is 21.9 Å². The molecule has 3 saturated carbocycles. The lowest BCUT2D eigenvalue weighted by Gasteiger charge is -2.19. The number of nitrogens with two attached hydrogens (primary N) is 1. The van der Waals surface area contributed by atoms with Crippen LogP contribution in [0, 0.1) is 29.6 Å². The molecule has 5 unspecified atom stereocenters. The Kier molecular flexibility index (Phi) is 2.98. The fourth-order valence-electron chi connectivity index (χ4n) is 5.18. The zero-order valence-electron chi connectivity index (χ0n) is 11.6. The fraction of sp³-hybridized carbons (Fsp3) is 0.750. The van der Waals surface area contributed by atoms with Crippen LogP contribution < -0.4 is 11.3 Å². The summed E-state index contributed by atoms with van der Waals surface area (Å²) in [5.74, 6) is 10.9. The summed E-state index contributed by atoms with van der Waals surface area (Å²) >= 11 is 1.97. The highest BCUT2D eigenvalue weighted by molar-refractivity contribution is 7.11. The second kappa shape index (κ2) is 4.57. The summed E-state index contributed by atoms with van der Waals surface area (Å²) in [5, 5.41) is 0. The van der Waals surface area contributed by atoms with Crippen molar-refractivity contribution in [1.29, 1.82) is 0 Å². The van der Waals surface area contributed by atoms with Gasteiger partial charge in [0.15, 0.2) is 0 Å². The number of aryl methyl sites for hydroxylation is 1. The summed E-state index contributed by atoms with van der Waals surface area (Å²) in [6.45, 7) is 2.23. The first kappa shape index (κ1) is 12.4. The summed E-state index contributed by atoms with van der Waals surface area (Å²) in [6, 6.07) is 5.10. The van der Waals surface area contributed by atoms with Crippen LogP contribution in [0.15, 0.2) is 12.1 Å². The highest BCUT2D eigenvalue weighted by atomic mass is 32.1. The van der Waals surface area contributed by atoms with E-state index in [2.05, 4.69) is 24.5 Å². The Bertz CT molecular complexity index is 453. The Morgan fingerprint density at radius 2 is 1.95 bits per heavy atom. The smallest absolute Gasteiger partial charge is 0.0292 e. The molecule has 3 heteroatoms. The van der Waals surface area contributed by atoms with Crippen LogP contribution in [0.25, 0.3) is 0 Å². The van der Waals surface area contributed by atoms with Crippen molar-refractivity contribution < 1.29 is 0 Å². The molecule has 2 nitrogen and oxygen atoms in total. The van der Waals surface area contributed by atoms with Crippen molar-refractivity contribution in [2.45, 2.75) is 45.1 Å². The maximum absolute atomic E-state index is 5.87. The molecule has 104 valence electrons. The number of fused-ring (bicyclic) bond motifs is 5. The van der Waals surface area contributed by atoms with E-state index in [0.717, 1.165) is 42.4 Å². The Labute approximate surface area is 119 Å². The lowest BCUT2D eigenvalue weighted by atomic mass is 9.95. The summed E-state index contributed by atoms with van der Waals surface area (Å²) in [7, 11) is 0. The SMILES string of the molecule is CCc1ccc(CC(NN)C2C3C4CCC(C4)C32)s1. The molecular formula is C16H24N2S. The number of nitrogens with one attached hydrogen (secondary N) is 1. The zero-order valence-corrected chi connectivity index (χ0v) is 12.5. The first-order chi connectivity index (χ1) is 9.31. The predicted octanol–water partition coefficient (Wildman–Crippen LogP) is 2.98. The average Bonchev–Trinajstić information content (AvgIpc) is 2.84. The Balaban J connectivity index is 1.45. The maximum atomic E-state index is 5.87. The van der Waals surface area contributed by atoms with E-state index in [4.69, 9.17) is 5.84 Å². The first-order valence-corrected chi connectivity index (χ1v) is 8.67. The van der Waals surface area contributed by atoms with E-state index in [9.17, 15) is 0 Å². The summed E-state index contributed by atoms with van der Waals surface area (Å²) < 4.78 is 0. The standard InChI is InChI=1S/C16H24N2S/c1-2-11-5-6-12(19-11)8-13(18-17)16-14-9-3-4-10(7-9)15(14)16/h5-6,9-10,13-16,18H,2-4,7-8,17H2,1H3. The van der Waals surface area contributed by atoms with Crippen LogP contribution in [0.1, 0.15) is 35.9 Å². The van der Waals surface area contributed by atoms with Gasteiger partial charge >= 0.3 is 0 Å². The lowest BCUT2D eigenvalue weighted by molar-refractivity contribution is 0.366. The summed E-state index contributed by atoms with van der Waals surface area (Å²) in [6.07, 6.45) is 6.82. The molecule has 1 heterocycles. The van der Waals surface area contributed by atoms with Gasteiger partial charge in [0.25, 0.3) is 0 Å². The van der Waals surface area contributed by atoms with Crippen molar-refractivity contribution in [1.82, 2.24) is 5.43 Å². The largest absolute Gasteiger partial charge is 0.271 e. The van der Waals surface area contributed by atoms with Gasteiger partial charge in [-0.3, -0.25) is 11.3 Å². The topological polar surface area (TPSA) is 38.0 Å². The van der Waals surface area contributed by atoms with Gasteiger partial charge in [0.2, 0.25) is 0 Å². The molecule has 3 aliphatic rings. The highest BCUT2D eigenvalue weighted by Gasteiger charge is 2.66. The van der Waals surface area contributed by atoms with Gasteiger partial charge in [-0.25, -0.2) is 0 Å². The number of rotatable bonds is 5.